The fraction of sp³-hybridized carbons (Fsp3) is 0.545. The number of piperazine rings is 1. The van der Waals surface area contributed by atoms with E-state index < -0.39 is 0 Å². The normalized spacial score (nSPS) is 19.4. The Bertz CT molecular complexity index is 813. The summed E-state index contributed by atoms with van der Waals surface area (Å²) in [6.45, 7) is 9.34. The number of nitrogen functional groups attached to an aromatic ring is 1. The number of nitrogens with zero attached hydrogens (tertiary/aromatic N) is 4. The van der Waals surface area contributed by atoms with E-state index in [0.29, 0.717) is 12.4 Å². The van der Waals surface area contributed by atoms with Gasteiger partial charge in [-0.1, -0.05) is 25.5 Å². The first-order chi connectivity index (χ1) is 14.1. The molecule has 156 valence electrons. The summed E-state index contributed by atoms with van der Waals surface area (Å²) >= 11 is 0. The number of rotatable bonds is 6. The first-order valence-electron chi connectivity index (χ1n) is 10.6. The van der Waals surface area contributed by atoms with E-state index in [1.165, 1.54) is 0 Å². The molecule has 1 saturated heterocycles. The van der Waals surface area contributed by atoms with Crippen molar-refractivity contribution in [2.24, 2.45) is 0 Å². The SMILES string of the molecule is CCCCc1c(C)nc(N2CCN(CC3COc4ccccc4O3)CC2)nc1N. The summed E-state index contributed by atoms with van der Waals surface area (Å²) in [4.78, 5) is 14.0. The highest BCUT2D eigenvalue weighted by Gasteiger charge is 2.26. The molecule has 1 fully saturated rings. The molecule has 7 heteroatoms. The molecule has 2 aliphatic rings. The molecule has 1 atom stereocenters. The monoisotopic (exact) mass is 397 g/mol. The number of unbranched alkanes of at least 4 members (excludes halogenated alkanes) is 1. The Morgan fingerprint density at radius 1 is 1.10 bits per heavy atom. The number of anilines is 2. The van der Waals surface area contributed by atoms with Gasteiger partial charge in [-0.25, -0.2) is 4.98 Å². The molecular formula is C22H31N5O2. The van der Waals surface area contributed by atoms with Crippen LogP contribution in [0.2, 0.25) is 0 Å². The lowest BCUT2D eigenvalue weighted by Crippen LogP contribution is -2.51. The van der Waals surface area contributed by atoms with Gasteiger partial charge in [-0.2, -0.15) is 4.98 Å². The summed E-state index contributed by atoms with van der Waals surface area (Å²) in [5, 5.41) is 0. The third-order valence-corrected chi connectivity index (χ3v) is 5.70. The van der Waals surface area contributed by atoms with Gasteiger partial charge in [0.1, 0.15) is 18.5 Å². The van der Waals surface area contributed by atoms with Gasteiger partial charge in [0.15, 0.2) is 11.5 Å². The fourth-order valence-electron chi connectivity index (χ4n) is 3.98. The molecule has 0 saturated carbocycles. The van der Waals surface area contributed by atoms with Crippen LogP contribution in [0.5, 0.6) is 11.5 Å². The van der Waals surface area contributed by atoms with E-state index in [2.05, 4.69) is 21.7 Å². The first-order valence-corrected chi connectivity index (χ1v) is 10.6. The third-order valence-electron chi connectivity index (χ3n) is 5.70. The van der Waals surface area contributed by atoms with E-state index in [0.717, 1.165) is 80.7 Å². The molecule has 0 aliphatic carbocycles. The number of aryl methyl sites for hydroxylation is 1. The van der Waals surface area contributed by atoms with E-state index in [1.807, 2.05) is 31.2 Å². The van der Waals surface area contributed by atoms with Crippen molar-refractivity contribution in [3.05, 3.63) is 35.5 Å². The molecule has 0 bridgehead atoms. The van der Waals surface area contributed by atoms with Crippen molar-refractivity contribution in [2.75, 3.05) is 50.0 Å². The lowest BCUT2D eigenvalue weighted by molar-refractivity contribution is 0.0570. The maximum atomic E-state index is 6.24. The molecule has 29 heavy (non-hydrogen) atoms. The smallest absolute Gasteiger partial charge is 0.227 e. The first kappa shape index (κ1) is 19.8. The minimum atomic E-state index is 0.0587. The molecule has 0 radical (unpaired) electrons. The molecule has 2 N–H and O–H groups in total. The van der Waals surface area contributed by atoms with Crippen LogP contribution in [0.15, 0.2) is 24.3 Å². The van der Waals surface area contributed by atoms with Gasteiger partial charge in [0.2, 0.25) is 5.95 Å². The molecule has 0 amide bonds. The molecule has 7 nitrogen and oxygen atoms in total. The number of hydrogen-bond donors (Lipinski definition) is 1. The number of nitrogens with two attached hydrogens (primary N) is 1. The van der Waals surface area contributed by atoms with Crippen molar-refractivity contribution in [1.82, 2.24) is 14.9 Å². The van der Waals surface area contributed by atoms with Gasteiger partial charge in [-0.3, -0.25) is 4.90 Å². The van der Waals surface area contributed by atoms with Crippen LogP contribution in [0.3, 0.4) is 0 Å². The molecule has 4 rings (SSSR count). The van der Waals surface area contributed by atoms with Crippen LogP contribution >= 0.6 is 0 Å². The highest BCUT2D eigenvalue weighted by molar-refractivity contribution is 5.48. The predicted molar refractivity (Wildman–Crippen MR) is 115 cm³/mol. The number of ether oxygens (including phenoxy) is 2. The van der Waals surface area contributed by atoms with Crippen molar-refractivity contribution in [3.8, 4) is 11.5 Å². The second-order valence-electron chi connectivity index (χ2n) is 7.86. The number of hydrogen-bond acceptors (Lipinski definition) is 7. The molecule has 1 aromatic carbocycles. The number of para-hydroxylation sites is 2. The van der Waals surface area contributed by atoms with E-state index >= 15 is 0 Å². The summed E-state index contributed by atoms with van der Waals surface area (Å²) in [7, 11) is 0. The van der Waals surface area contributed by atoms with Crippen LogP contribution in [-0.4, -0.2) is 60.3 Å². The van der Waals surface area contributed by atoms with Crippen molar-refractivity contribution < 1.29 is 9.47 Å². The highest BCUT2D eigenvalue weighted by atomic mass is 16.6. The summed E-state index contributed by atoms with van der Waals surface area (Å²) in [6, 6.07) is 7.86. The zero-order chi connectivity index (χ0) is 20.2. The van der Waals surface area contributed by atoms with Gasteiger partial charge < -0.3 is 20.1 Å². The highest BCUT2D eigenvalue weighted by Crippen LogP contribution is 2.31. The quantitative estimate of drug-likeness (QED) is 0.803. The second-order valence-corrected chi connectivity index (χ2v) is 7.86. The lowest BCUT2D eigenvalue weighted by Gasteiger charge is -2.37. The van der Waals surface area contributed by atoms with Crippen LogP contribution in [-0.2, 0) is 6.42 Å². The Morgan fingerprint density at radius 2 is 1.86 bits per heavy atom. The molecule has 1 unspecified atom stereocenters. The van der Waals surface area contributed by atoms with Crippen LogP contribution in [0.25, 0.3) is 0 Å². The third kappa shape index (κ3) is 4.56. The van der Waals surface area contributed by atoms with Crippen LogP contribution < -0.4 is 20.1 Å². The van der Waals surface area contributed by atoms with E-state index in [4.69, 9.17) is 20.2 Å². The minimum absolute atomic E-state index is 0.0587. The molecule has 1 aromatic heterocycles. The van der Waals surface area contributed by atoms with Crippen LogP contribution in [0.4, 0.5) is 11.8 Å². The number of benzene rings is 1. The zero-order valence-corrected chi connectivity index (χ0v) is 17.4. The van der Waals surface area contributed by atoms with Gasteiger partial charge in [0.25, 0.3) is 0 Å². The van der Waals surface area contributed by atoms with Crippen LogP contribution in [0, 0.1) is 6.92 Å². The Hall–Kier alpha value is -2.54. The summed E-state index contributed by atoms with van der Waals surface area (Å²) in [6.07, 6.45) is 3.27. The summed E-state index contributed by atoms with van der Waals surface area (Å²) in [5.41, 5.74) is 8.35. The fourth-order valence-corrected chi connectivity index (χ4v) is 3.98. The Morgan fingerprint density at radius 3 is 2.59 bits per heavy atom. The van der Waals surface area contributed by atoms with E-state index in [1.54, 1.807) is 0 Å². The van der Waals surface area contributed by atoms with E-state index in [-0.39, 0.29) is 6.10 Å². The van der Waals surface area contributed by atoms with Crippen molar-refractivity contribution in [1.29, 1.82) is 0 Å². The largest absolute Gasteiger partial charge is 0.486 e. The van der Waals surface area contributed by atoms with Crippen molar-refractivity contribution in [3.63, 3.8) is 0 Å². The average Bonchev–Trinajstić information content (AvgIpc) is 2.73. The summed E-state index contributed by atoms with van der Waals surface area (Å²) in [5.74, 6) is 3.06. The maximum absolute atomic E-state index is 6.24. The Labute approximate surface area is 172 Å². The molecular weight excluding hydrogens is 366 g/mol. The Balaban J connectivity index is 1.32. The standard InChI is InChI=1S/C22H31N5O2/c1-3-4-7-18-16(2)24-22(25-21(18)23)27-12-10-26(11-13-27)14-17-15-28-19-8-5-6-9-20(19)29-17/h5-6,8-9,17H,3-4,7,10-15H2,1-2H3,(H2,23,24,25). The van der Waals surface area contributed by atoms with Gasteiger partial charge in [0.05, 0.1) is 0 Å². The van der Waals surface area contributed by atoms with E-state index in [9.17, 15) is 0 Å². The minimum Gasteiger partial charge on any atom is -0.486 e. The molecule has 3 heterocycles. The average molecular weight is 398 g/mol. The van der Waals surface area contributed by atoms with Crippen molar-refractivity contribution >= 4 is 11.8 Å². The van der Waals surface area contributed by atoms with Crippen LogP contribution in [0.1, 0.15) is 31.0 Å². The topological polar surface area (TPSA) is 76.7 Å². The predicted octanol–water partition coefficient (Wildman–Crippen LogP) is 2.67. The van der Waals surface area contributed by atoms with Gasteiger partial charge in [0, 0.05) is 44.0 Å². The summed E-state index contributed by atoms with van der Waals surface area (Å²) < 4.78 is 11.9. The van der Waals surface area contributed by atoms with Gasteiger partial charge in [-0.15, -0.1) is 0 Å². The lowest BCUT2D eigenvalue weighted by atomic mass is 10.1. The molecule has 0 spiro atoms. The molecule has 2 aromatic rings. The van der Waals surface area contributed by atoms with Gasteiger partial charge >= 0.3 is 0 Å². The number of fused-ring (bicyclic) bond motifs is 1. The second kappa shape index (κ2) is 8.86. The zero-order valence-electron chi connectivity index (χ0n) is 17.4. The van der Waals surface area contributed by atoms with Gasteiger partial charge in [-0.05, 0) is 31.9 Å². The molecule has 2 aliphatic heterocycles. The maximum Gasteiger partial charge on any atom is 0.227 e. The van der Waals surface area contributed by atoms with Crippen molar-refractivity contribution in [2.45, 2.75) is 39.2 Å². The Kier molecular flexibility index (Phi) is 6.04. The number of aromatic nitrogens is 2.